The van der Waals surface area contributed by atoms with Crippen LogP contribution in [0.15, 0.2) is 34.4 Å². The first-order valence-corrected chi connectivity index (χ1v) is 7.68. The summed E-state index contributed by atoms with van der Waals surface area (Å²) in [4.78, 5) is 0. The van der Waals surface area contributed by atoms with Crippen LogP contribution in [0.2, 0.25) is 0 Å². The van der Waals surface area contributed by atoms with Crippen LogP contribution in [0.25, 0.3) is 0 Å². The fourth-order valence-electron chi connectivity index (χ4n) is 2.65. The number of benzene rings is 1. The highest BCUT2D eigenvalue weighted by Gasteiger charge is 2.37. The van der Waals surface area contributed by atoms with Gasteiger partial charge in [0.1, 0.15) is 5.71 Å². The number of nitrogens with zero attached hydrogens (tertiary/aromatic N) is 4. The summed E-state index contributed by atoms with van der Waals surface area (Å²) in [5.74, 6) is 0. The van der Waals surface area contributed by atoms with Crippen molar-refractivity contribution in [1.29, 1.82) is 0 Å². The van der Waals surface area contributed by atoms with E-state index >= 15 is 0 Å². The molecule has 0 spiro atoms. The number of aromatic nitrogens is 2. The van der Waals surface area contributed by atoms with Crippen molar-refractivity contribution in [2.24, 2.45) is 12.2 Å². The van der Waals surface area contributed by atoms with Crippen molar-refractivity contribution in [3.63, 3.8) is 0 Å². The van der Waals surface area contributed by atoms with Gasteiger partial charge in [-0.1, -0.05) is 23.4 Å². The van der Waals surface area contributed by atoms with Gasteiger partial charge in [-0.2, -0.15) is 13.5 Å². The SMILES string of the molecule is Cc1nn(C)c2c1C(=NO)c1ccccc1N(C)S2(=O)=O. The normalized spacial score (nSPS) is 18.2. The maximum absolute atomic E-state index is 12.8. The van der Waals surface area contributed by atoms with Gasteiger partial charge in [-0.05, 0) is 13.0 Å². The van der Waals surface area contributed by atoms with Crippen molar-refractivity contribution in [2.75, 3.05) is 11.4 Å². The van der Waals surface area contributed by atoms with Gasteiger partial charge in [0, 0.05) is 19.7 Å². The summed E-state index contributed by atoms with van der Waals surface area (Å²) in [6, 6.07) is 6.90. The van der Waals surface area contributed by atoms with Gasteiger partial charge in [0.15, 0.2) is 5.03 Å². The summed E-state index contributed by atoms with van der Waals surface area (Å²) in [5, 5.41) is 16.9. The van der Waals surface area contributed by atoms with Crippen LogP contribution in [-0.4, -0.2) is 36.2 Å². The van der Waals surface area contributed by atoms with Gasteiger partial charge in [-0.15, -0.1) is 0 Å². The third-order valence-corrected chi connectivity index (χ3v) is 5.48. The maximum atomic E-state index is 12.8. The molecule has 0 saturated heterocycles. The second-order valence-electron chi connectivity index (χ2n) is 4.83. The molecule has 0 atom stereocenters. The van der Waals surface area contributed by atoms with E-state index in [1.54, 1.807) is 38.2 Å². The molecule has 2 heterocycles. The number of para-hydroxylation sites is 1. The van der Waals surface area contributed by atoms with Crippen LogP contribution in [0.4, 0.5) is 5.69 Å². The fraction of sp³-hybridized carbons (Fsp3) is 0.231. The molecule has 0 aliphatic carbocycles. The third kappa shape index (κ3) is 1.69. The largest absolute Gasteiger partial charge is 0.410 e. The quantitative estimate of drug-likeness (QED) is 0.583. The molecule has 1 aliphatic heterocycles. The zero-order valence-electron chi connectivity index (χ0n) is 11.8. The first-order chi connectivity index (χ1) is 9.89. The lowest BCUT2D eigenvalue weighted by atomic mass is 10.0. The molecule has 1 aromatic carbocycles. The van der Waals surface area contributed by atoms with Gasteiger partial charge < -0.3 is 5.21 Å². The lowest BCUT2D eigenvalue weighted by Gasteiger charge is -2.19. The Labute approximate surface area is 122 Å². The minimum absolute atomic E-state index is 0.0199. The summed E-state index contributed by atoms with van der Waals surface area (Å²) in [5.41, 5.74) is 2.03. The zero-order valence-corrected chi connectivity index (χ0v) is 12.6. The van der Waals surface area contributed by atoms with Crippen molar-refractivity contribution >= 4 is 21.4 Å². The van der Waals surface area contributed by atoms with Crippen LogP contribution in [0.3, 0.4) is 0 Å². The van der Waals surface area contributed by atoms with Gasteiger partial charge >= 0.3 is 0 Å². The summed E-state index contributed by atoms with van der Waals surface area (Å²) in [6.45, 7) is 1.69. The monoisotopic (exact) mass is 306 g/mol. The van der Waals surface area contributed by atoms with Crippen LogP contribution < -0.4 is 4.31 Å². The van der Waals surface area contributed by atoms with E-state index < -0.39 is 10.0 Å². The average molecular weight is 306 g/mol. The Morgan fingerprint density at radius 3 is 2.57 bits per heavy atom. The number of aryl methyl sites for hydroxylation is 2. The van der Waals surface area contributed by atoms with E-state index in [4.69, 9.17) is 0 Å². The Balaban J connectivity index is 2.53. The number of sulfonamides is 1. The van der Waals surface area contributed by atoms with Crippen LogP contribution in [0.5, 0.6) is 0 Å². The molecule has 0 bridgehead atoms. The molecule has 0 unspecified atom stereocenters. The maximum Gasteiger partial charge on any atom is 0.281 e. The number of hydrogen-bond acceptors (Lipinski definition) is 5. The van der Waals surface area contributed by atoms with Crippen molar-refractivity contribution in [1.82, 2.24) is 9.78 Å². The molecule has 7 nitrogen and oxygen atoms in total. The Morgan fingerprint density at radius 2 is 1.90 bits per heavy atom. The van der Waals surface area contributed by atoms with E-state index in [9.17, 15) is 13.6 Å². The molecule has 1 aromatic heterocycles. The van der Waals surface area contributed by atoms with E-state index in [-0.39, 0.29) is 10.7 Å². The van der Waals surface area contributed by atoms with Crippen LogP contribution >= 0.6 is 0 Å². The molecule has 1 aliphatic rings. The van der Waals surface area contributed by atoms with Gasteiger partial charge in [-0.3, -0.25) is 8.99 Å². The minimum Gasteiger partial charge on any atom is -0.410 e. The van der Waals surface area contributed by atoms with E-state index in [2.05, 4.69) is 10.3 Å². The third-order valence-electron chi connectivity index (χ3n) is 3.61. The molecule has 8 heteroatoms. The highest BCUT2D eigenvalue weighted by atomic mass is 32.2. The highest BCUT2D eigenvalue weighted by Crippen LogP contribution is 2.35. The first-order valence-electron chi connectivity index (χ1n) is 6.24. The molecule has 21 heavy (non-hydrogen) atoms. The fourth-order valence-corrected chi connectivity index (χ4v) is 4.21. The number of rotatable bonds is 0. The van der Waals surface area contributed by atoms with Gasteiger partial charge in [0.2, 0.25) is 0 Å². The minimum atomic E-state index is -3.78. The molecule has 1 N–H and O–H groups in total. The van der Waals surface area contributed by atoms with Gasteiger partial charge in [0.05, 0.1) is 16.9 Å². The lowest BCUT2D eigenvalue weighted by Crippen LogP contribution is -2.28. The van der Waals surface area contributed by atoms with Crippen LogP contribution in [0, 0.1) is 6.92 Å². The molecular formula is C13H14N4O3S. The smallest absolute Gasteiger partial charge is 0.281 e. The van der Waals surface area contributed by atoms with E-state index in [1.807, 2.05) is 0 Å². The zero-order chi connectivity index (χ0) is 15.4. The van der Waals surface area contributed by atoms with Gasteiger partial charge in [-0.25, -0.2) is 0 Å². The van der Waals surface area contributed by atoms with Crippen molar-refractivity contribution in [2.45, 2.75) is 11.9 Å². The molecule has 0 radical (unpaired) electrons. The van der Waals surface area contributed by atoms with Crippen molar-refractivity contribution in [3.8, 4) is 0 Å². The summed E-state index contributed by atoms with van der Waals surface area (Å²) >= 11 is 0. The standard InChI is InChI=1S/C13H14N4O3S/c1-8-11-12(15-18)9-6-4-5-7-10(9)17(3)21(19,20)13(11)16(2)14-8/h4-7,18H,1-3H3. The van der Waals surface area contributed by atoms with E-state index in [0.717, 1.165) is 0 Å². The molecule has 2 aromatic rings. The predicted molar refractivity (Wildman–Crippen MR) is 77.4 cm³/mol. The second kappa shape index (κ2) is 4.32. The summed E-state index contributed by atoms with van der Waals surface area (Å²) in [6.07, 6.45) is 0. The van der Waals surface area contributed by atoms with Crippen molar-refractivity contribution < 1.29 is 13.6 Å². The molecule has 110 valence electrons. The van der Waals surface area contributed by atoms with E-state index in [1.165, 1.54) is 16.0 Å². The van der Waals surface area contributed by atoms with Crippen LogP contribution in [-0.2, 0) is 17.1 Å². The number of hydrogen-bond donors (Lipinski definition) is 1. The molecule has 0 saturated carbocycles. The number of fused-ring (bicyclic) bond motifs is 2. The van der Waals surface area contributed by atoms with Crippen LogP contribution in [0.1, 0.15) is 16.8 Å². The predicted octanol–water partition coefficient (Wildman–Crippen LogP) is 1.09. The Hall–Kier alpha value is -2.35. The second-order valence-corrected chi connectivity index (χ2v) is 6.71. The Morgan fingerprint density at radius 1 is 1.24 bits per heavy atom. The summed E-state index contributed by atoms with van der Waals surface area (Å²) < 4.78 is 28.1. The molecule has 3 rings (SSSR count). The lowest BCUT2D eigenvalue weighted by molar-refractivity contribution is 0.319. The van der Waals surface area contributed by atoms with E-state index in [0.29, 0.717) is 22.5 Å². The highest BCUT2D eigenvalue weighted by molar-refractivity contribution is 7.92. The summed E-state index contributed by atoms with van der Waals surface area (Å²) in [7, 11) is -0.751. The average Bonchev–Trinajstić information content (AvgIpc) is 2.71. The Bertz CT molecular complexity index is 868. The number of anilines is 1. The van der Waals surface area contributed by atoms with Gasteiger partial charge in [0.25, 0.3) is 10.0 Å². The Kier molecular flexibility index (Phi) is 2.80. The molecule has 0 amide bonds. The number of oxime groups is 1. The molecular weight excluding hydrogens is 292 g/mol. The first kappa shape index (κ1) is 13.6. The van der Waals surface area contributed by atoms with Crippen molar-refractivity contribution in [3.05, 3.63) is 41.1 Å². The molecule has 0 fully saturated rings. The topological polar surface area (TPSA) is 87.8 Å².